The molecular formula is C22H21N5O4S. The minimum atomic E-state index is -3.91. The molecule has 1 saturated heterocycles. The molecule has 0 bridgehead atoms. The van der Waals surface area contributed by atoms with Crippen LogP contribution >= 0.6 is 0 Å². The van der Waals surface area contributed by atoms with Crippen molar-refractivity contribution in [2.75, 3.05) is 31.1 Å². The predicted molar refractivity (Wildman–Crippen MR) is 115 cm³/mol. The summed E-state index contributed by atoms with van der Waals surface area (Å²) in [6.07, 6.45) is 3.68. The molecule has 1 aromatic carbocycles. The lowest BCUT2D eigenvalue weighted by Crippen LogP contribution is -2.35. The summed E-state index contributed by atoms with van der Waals surface area (Å²) in [7, 11) is -3.91. The number of anilines is 1. The van der Waals surface area contributed by atoms with Crippen molar-refractivity contribution in [1.29, 1.82) is 5.26 Å². The third-order valence-corrected chi connectivity index (χ3v) is 7.94. The smallest absolute Gasteiger partial charge is 0.269 e. The van der Waals surface area contributed by atoms with Gasteiger partial charge in [0.25, 0.3) is 21.8 Å². The van der Waals surface area contributed by atoms with Gasteiger partial charge in [-0.3, -0.25) is 9.59 Å². The van der Waals surface area contributed by atoms with Crippen molar-refractivity contribution in [3.05, 3.63) is 53.2 Å². The number of sulfonamides is 1. The third kappa shape index (κ3) is 3.29. The lowest BCUT2D eigenvalue weighted by Gasteiger charge is -2.23. The molecule has 2 amide bonds. The van der Waals surface area contributed by atoms with Gasteiger partial charge in [0.2, 0.25) is 0 Å². The van der Waals surface area contributed by atoms with Gasteiger partial charge < -0.3 is 9.80 Å². The van der Waals surface area contributed by atoms with E-state index in [-0.39, 0.29) is 28.0 Å². The van der Waals surface area contributed by atoms with Crippen LogP contribution in [-0.2, 0) is 10.0 Å². The third-order valence-electron chi connectivity index (χ3n) is 6.06. The molecule has 0 N–H and O–H groups in total. The van der Waals surface area contributed by atoms with Gasteiger partial charge in [-0.1, -0.05) is 0 Å². The number of hydrogen-bond donors (Lipinski definition) is 0. The number of nitrogens with zero attached hydrogens (tertiary/aromatic N) is 5. The van der Waals surface area contributed by atoms with Crippen LogP contribution in [0.2, 0.25) is 0 Å². The normalized spacial score (nSPS) is 20.0. The van der Waals surface area contributed by atoms with E-state index in [4.69, 9.17) is 0 Å². The molecule has 0 unspecified atom stereocenters. The Bertz CT molecular complexity index is 1270. The van der Waals surface area contributed by atoms with Crippen LogP contribution in [0.4, 0.5) is 5.82 Å². The first-order chi connectivity index (χ1) is 15.4. The van der Waals surface area contributed by atoms with Gasteiger partial charge in [0.1, 0.15) is 16.8 Å². The summed E-state index contributed by atoms with van der Waals surface area (Å²) in [5.74, 6) is -0.175. The van der Waals surface area contributed by atoms with Crippen LogP contribution in [0.15, 0.2) is 41.4 Å². The monoisotopic (exact) mass is 451 g/mol. The quantitative estimate of drug-likeness (QED) is 0.696. The zero-order valence-corrected chi connectivity index (χ0v) is 18.1. The lowest BCUT2D eigenvalue weighted by atomic mass is 10.1. The summed E-state index contributed by atoms with van der Waals surface area (Å²) in [6.45, 7) is 2.08. The molecule has 5 rings (SSSR count). The van der Waals surface area contributed by atoms with Crippen molar-refractivity contribution in [1.82, 2.24) is 14.2 Å². The Balaban J connectivity index is 1.36. The lowest BCUT2D eigenvalue weighted by molar-refractivity contribution is 0.0765. The number of nitriles is 1. The van der Waals surface area contributed by atoms with E-state index in [1.807, 2.05) is 4.90 Å². The molecule has 3 aliphatic rings. The maximum atomic E-state index is 13.2. The maximum Gasteiger partial charge on any atom is 0.269 e. The van der Waals surface area contributed by atoms with Gasteiger partial charge in [0, 0.05) is 44.0 Å². The highest BCUT2D eigenvalue weighted by atomic mass is 32.2. The van der Waals surface area contributed by atoms with Gasteiger partial charge >= 0.3 is 0 Å². The summed E-state index contributed by atoms with van der Waals surface area (Å²) < 4.78 is 26.7. The number of benzene rings is 1. The van der Waals surface area contributed by atoms with Crippen molar-refractivity contribution >= 4 is 27.7 Å². The van der Waals surface area contributed by atoms with Gasteiger partial charge in [-0.15, -0.1) is 0 Å². The predicted octanol–water partition coefficient (Wildman–Crippen LogP) is 1.61. The number of fused-ring (bicyclic) bond motifs is 1. The summed E-state index contributed by atoms with van der Waals surface area (Å²) >= 11 is 0. The number of hydrogen-bond acceptors (Lipinski definition) is 7. The molecule has 1 aromatic heterocycles. The Morgan fingerprint density at radius 2 is 1.94 bits per heavy atom. The van der Waals surface area contributed by atoms with Crippen LogP contribution in [0.1, 0.15) is 45.5 Å². The Morgan fingerprint density at radius 1 is 1.12 bits per heavy atom. The molecule has 164 valence electrons. The molecule has 1 aliphatic carbocycles. The number of amides is 2. The summed E-state index contributed by atoms with van der Waals surface area (Å²) in [4.78, 5) is 33.7. The minimum absolute atomic E-state index is 0.0798. The Labute approximate surface area is 185 Å². The second kappa shape index (κ2) is 7.60. The Kier molecular flexibility index (Phi) is 4.86. The highest BCUT2D eigenvalue weighted by Crippen LogP contribution is 2.39. The van der Waals surface area contributed by atoms with Crippen LogP contribution in [-0.4, -0.2) is 66.6 Å². The van der Waals surface area contributed by atoms with Crippen molar-refractivity contribution in [2.45, 2.75) is 30.2 Å². The van der Waals surface area contributed by atoms with Crippen LogP contribution in [0.3, 0.4) is 0 Å². The standard InChI is InChI=1S/C22H21N5O4S/c23-14-16-3-1-8-24-20(16)25-9-2-10-26(12-11-25)21(28)15-4-7-18-19(13-15)32(30,31)27(22(18)29)17-5-6-17/h1,3-4,7-8,13,17H,2,5-6,9-12H2. The van der Waals surface area contributed by atoms with Crippen LogP contribution in [0, 0.1) is 11.3 Å². The van der Waals surface area contributed by atoms with Gasteiger partial charge in [-0.2, -0.15) is 5.26 Å². The fourth-order valence-electron chi connectivity index (χ4n) is 4.30. The molecule has 3 heterocycles. The molecule has 2 aromatic rings. The van der Waals surface area contributed by atoms with Gasteiger partial charge in [0.15, 0.2) is 0 Å². The number of rotatable bonds is 3. The average molecular weight is 452 g/mol. The molecule has 2 aliphatic heterocycles. The van der Waals surface area contributed by atoms with Crippen molar-refractivity contribution < 1.29 is 18.0 Å². The first-order valence-electron chi connectivity index (χ1n) is 10.5. The van der Waals surface area contributed by atoms with E-state index in [9.17, 15) is 23.3 Å². The summed E-state index contributed by atoms with van der Waals surface area (Å²) in [6, 6.07) is 9.63. The fraction of sp³-hybridized carbons (Fsp3) is 0.364. The summed E-state index contributed by atoms with van der Waals surface area (Å²) in [5, 5.41) is 9.35. The largest absolute Gasteiger partial charge is 0.354 e. The molecule has 0 spiro atoms. The summed E-state index contributed by atoms with van der Waals surface area (Å²) in [5.41, 5.74) is 0.873. The van der Waals surface area contributed by atoms with Crippen molar-refractivity contribution in [2.24, 2.45) is 0 Å². The van der Waals surface area contributed by atoms with Crippen LogP contribution < -0.4 is 4.90 Å². The van der Waals surface area contributed by atoms with E-state index in [1.54, 1.807) is 23.2 Å². The van der Waals surface area contributed by atoms with Gasteiger partial charge in [-0.05, 0) is 49.6 Å². The second-order valence-electron chi connectivity index (χ2n) is 8.17. The topological polar surface area (TPSA) is 115 Å². The number of aromatic nitrogens is 1. The fourth-order valence-corrected chi connectivity index (χ4v) is 6.14. The second-order valence-corrected chi connectivity index (χ2v) is 9.95. The van der Waals surface area contributed by atoms with E-state index >= 15 is 0 Å². The zero-order chi connectivity index (χ0) is 22.5. The van der Waals surface area contributed by atoms with Crippen LogP contribution in [0.5, 0.6) is 0 Å². The minimum Gasteiger partial charge on any atom is -0.354 e. The molecule has 32 heavy (non-hydrogen) atoms. The van der Waals surface area contributed by atoms with E-state index in [0.29, 0.717) is 56.8 Å². The zero-order valence-electron chi connectivity index (χ0n) is 17.3. The molecule has 2 fully saturated rings. The SMILES string of the molecule is N#Cc1cccnc1N1CCCN(C(=O)c2ccc3c(c2)S(=O)(=O)N(C2CC2)C3=O)CC1. The number of carbonyl (C=O) groups excluding carboxylic acids is 2. The van der Waals surface area contributed by atoms with Crippen molar-refractivity contribution in [3.8, 4) is 6.07 Å². The Morgan fingerprint density at radius 3 is 2.69 bits per heavy atom. The van der Waals surface area contributed by atoms with E-state index in [1.165, 1.54) is 18.2 Å². The van der Waals surface area contributed by atoms with E-state index < -0.39 is 15.9 Å². The van der Waals surface area contributed by atoms with E-state index in [2.05, 4.69) is 11.1 Å². The molecule has 9 nitrogen and oxygen atoms in total. The highest BCUT2D eigenvalue weighted by Gasteiger charge is 2.48. The Hall–Kier alpha value is -3.45. The molecule has 0 radical (unpaired) electrons. The molecule has 0 atom stereocenters. The van der Waals surface area contributed by atoms with Crippen molar-refractivity contribution in [3.63, 3.8) is 0 Å². The highest BCUT2D eigenvalue weighted by molar-refractivity contribution is 7.90. The number of pyridine rings is 1. The molecule has 10 heteroatoms. The van der Waals surface area contributed by atoms with Gasteiger partial charge in [0.05, 0.1) is 11.1 Å². The van der Waals surface area contributed by atoms with Crippen LogP contribution in [0.25, 0.3) is 0 Å². The maximum absolute atomic E-state index is 13.2. The number of carbonyl (C=O) groups is 2. The average Bonchev–Trinajstić information content (AvgIpc) is 3.63. The molecule has 1 saturated carbocycles. The first kappa shape index (κ1) is 20.5. The van der Waals surface area contributed by atoms with Gasteiger partial charge in [-0.25, -0.2) is 17.7 Å². The van der Waals surface area contributed by atoms with E-state index in [0.717, 1.165) is 4.31 Å². The molecular weight excluding hydrogens is 430 g/mol. The first-order valence-corrected chi connectivity index (χ1v) is 12.0.